The fourth-order valence-corrected chi connectivity index (χ4v) is 5.76. The number of rotatable bonds is 5. The lowest BCUT2D eigenvalue weighted by atomic mass is 9.81. The van der Waals surface area contributed by atoms with E-state index in [1.165, 1.54) is 12.7 Å². The van der Waals surface area contributed by atoms with Crippen molar-refractivity contribution in [2.24, 2.45) is 5.92 Å². The molecule has 4 aliphatic heterocycles. The first-order chi connectivity index (χ1) is 17.5. The number of piperidine rings is 3. The van der Waals surface area contributed by atoms with Crippen molar-refractivity contribution in [1.29, 1.82) is 0 Å². The number of amides is 1. The van der Waals surface area contributed by atoms with Crippen molar-refractivity contribution in [2.45, 2.75) is 24.5 Å². The van der Waals surface area contributed by atoms with Gasteiger partial charge in [0, 0.05) is 29.9 Å². The van der Waals surface area contributed by atoms with Crippen LogP contribution in [0.5, 0.6) is 11.5 Å². The van der Waals surface area contributed by atoms with Crippen molar-refractivity contribution in [2.75, 3.05) is 31.5 Å². The highest BCUT2D eigenvalue weighted by molar-refractivity contribution is 5.90. The number of aliphatic hydroxyl groups is 1. The Bertz CT molecular complexity index is 1260. The number of esters is 1. The Labute approximate surface area is 207 Å². The van der Waals surface area contributed by atoms with Crippen LogP contribution in [-0.4, -0.2) is 68.7 Å². The molecular weight excluding hydrogens is 462 g/mol. The fourth-order valence-electron chi connectivity index (χ4n) is 5.76. The van der Waals surface area contributed by atoms with Crippen molar-refractivity contribution in [3.05, 3.63) is 72.3 Å². The van der Waals surface area contributed by atoms with Crippen LogP contribution in [0.2, 0.25) is 0 Å². The molecule has 7 rings (SSSR count). The Morgan fingerprint density at radius 2 is 1.64 bits per heavy atom. The van der Waals surface area contributed by atoms with E-state index >= 15 is 0 Å². The van der Waals surface area contributed by atoms with Crippen LogP contribution in [0.25, 0.3) is 0 Å². The third-order valence-electron chi connectivity index (χ3n) is 7.59. The number of benzene rings is 2. The second kappa shape index (κ2) is 8.65. The van der Waals surface area contributed by atoms with Crippen LogP contribution in [0.3, 0.4) is 0 Å². The molecule has 184 valence electrons. The number of hydrogen-bond acceptors (Lipinski definition) is 8. The van der Waals surface area contributed by atoms with Crippen molar-refractivity contribution in [1.82, 2.24) is 15.0 Å². The summed E-state index contributed by atoms with van der Waals surface area (Å²) >= 11 is 0. The summed E-state index contributed by atoms with van der Waals surface area (Å²) in [4.78, 5) is 38.2. The van der Waals surface area contributed by atoms with Gasteiger partial charge in [-0.1, -0.05) is 36.4 Å². The van der Waals surface area contributed by atoms with Gasteiger partial charge in [-0.25, -0.2) is 19.7 Å². The van der Waals surface area contributed by atoms with E-state index in [9.17, 15) is 14.7 Å². The van der Waals surface area contributed by atoms with Gasteiger partial charge in [0.25, 0.3) is 5.91 Å². The van der Waals surface area contributed by atoms with E-state index in [1.54, 1.807) is 48.5 Å². The highest BCUT2D eigenvalue weighted by Crippen LogP contribution is 2.48. The van der Waals surface area contributed by atoms with E-state index in [1.807, 2.05) is 0 Å². The fraction of sp³-hybridized carbons (Fsp3) is 0.346. The van der Waals surface area contributed by atoms with Crippen molar-refractivity contribution >= 4 is 17.8 Å². The quantitative estimate of drug-likeness (QED) is 0.413. The predicted molar refractivity (Wildman–Crippen MR) is 127 cm³/mol. The average molecular weight is 489 g/mol. The minimum atomic E-state index is -1.99. The molecule has 0 spiro atoms. The number of hydrogen-bond donors (Lipinski definition) is 2. The average Bonchev–Trinajstić information content (AvgIpc) is 2.90. The van der Waals surface area contributed by atoms with Gasteiger partial charge in [-0.3, -0.25) is 10.1 Å². The Morgan fingerprint density at radius 3 is 2.28 bits per heavy atom. The largest absolute Gasteiger partial charge is 0.457 e. The Hall–Kier alpha value is -3.89. The molecule has 2 aromatic carbocycles. The van der Waals surface area contributed by atoms with Gasteiger partial charge in [-0.15, -0.1) is 0 Å². The topological polar surface area (TPSA) is 124 Å². The number of quaternary nitrogens is 1. The highest BCUT2D eigenvalue weighted by Gasteiger charge is 2.53. The van der Waals surface area contributed by atoms with Crippen LogP contribution in [0.15, 0.2) is 61.2 Å². The van der Waals surface area contributed by atoms with E-state index < -0.39 is 17.7 Å². The molecule has 1 atom stereocenters. The van der Waals surface area contributed by atoms with Crippen molar-refractivity contribution in [3.8, 4) is 11.5 Å². The zero-order valence-corrected chi connectivity index (χ0v) is 19.5. The number of carbonyl (C=O) groups is 2. The molecule has 4 aliphatic rings. The van der Waals surface area contributed by atoms with Crippen LogP contribution in [0.4, 0.5) is 5.95 Å². The first-order valence-corrected chi connectivity index (χ1v) is 12.0. The smallest absolute Gasteiger partial charge is 0.348 e. The number of para-hydroxylation sites is 2. The van der Waals surface area contributed by atoms with E-state index in [-0.39, 0.29) is 24.3 Å². The van der Waals surface area contributed by atoms with Gasteiger partial charge >= 0.3 is 5.97 Å². The number of fused-ring (bicyclic) bond motifs is 5. The number of carbonyl (C=O) groups excluding carboxylic acids is 2. The van der Waals surface area contributed by atoms with Crippen LogP contribution in [0, 0.1) is 5.92 Å². The van der Waals surface area contributed by atoms with Crippen LogP contribution >= 0.6 is 0 Å². The zero-order valence-electron chi connectivity index (χ0n) is 19.5. The highest BCUT2D eigenvalue weighted by atomic mass is 16.6. The SMILES string of the molecule is O=C(C[N+]12CCC(CC1)C(OC(=O)C1(O)c3ccccc3Oc3ccccc31)C2)Nc1ncncn1. The molecule has 3 fully saturated rings. The third kappa shape index (κ3) is 3.78. The molecule has 10 heteroatoms. The summed E-state index contributed by atoms with van der Waals surface area (Å²) in [6.45, 7) is 2.40. The minimum absolute atomic E-state index is 0.189. The molecule has 1 amide bonds. The molecule has 36 heavy (non-hydrogen) atoms. The van der Waals surface area contributed by atoms with Crippen LogP contribution in [0.1, 0.15) is 24.0 Å². The molecule has 5 heterocycles. The summed E-state index contributed by atoms with van der Waals surface area (Å²) in [5.74, 6) is 0.317. The standard InChI is InChI=1S/C26H25N5O5/c32-23(30-25-28-15-27-16-29-25)14-31-11-9-17(10-12-31)22(13-31)36-24(33)26(34)18-5-1-3-7-20(18)35-21-8-4-2-6-19(21)26/h1-8,15-17,22,34H,9-14H2/p+1. The molecule has 0 aliphatic carbocycles. The van der Waals surface area contributed by atoms with Gasteiger partial charge in [-0.05, 0) is 12.1 Å². The molecule has 2 bridgehead atoms. The third-order valence-corrected chi connectivity index (χ3v) is 7.59. The maximum absolute atomic E-state index is 13.7. The lowest BCUT2D eigenvalue weighted by Crippen LogP contribution is -2.66. The molecule has 2 N–H and O–H groups in total. The maximum atomic E-state index is 13.7. The summed E-state index contributed by atoms with van der Waals surface area (Å²) in [7, 11) is 0. The Balaban J connectivity index is 1.23. The zero-order chi connectivity index (χ0) is 24.8. The second-order valence-electron chi connectivity index (χ2n) is 9.73. The number of nitrogens with zero attached hydrogens (tertiary/aromatic N) is 4. The Morgan fingerprint density at radius 1 is 1.03 bits per heavy atom. The summed E-state index contributed by atoms with van der Waals surface area (Å²) in [6, 6.07) is 13.9. The lowest BCUT2D eigenvalue weighted by molar-refractivity contribution is -0.939. The maximum Gasteiger partial charge on any atom is 0.348 e. The number of anilines is 1. The molecule has 0 saturated carbocycles. The van der Waals surface area contributed by atoms with Crippen molar-refractivity contribution < 1.29 is 28.7 Å². The van der Waals surface area contributed by atoms with Gasteiger partial charge in [0.05, 0.1) is 13.1 Å². The number of nitrogens with one attached hydrogen (secondary N) is 1. The first-order valence-electron chi connectivity index (χ1n) is 12.0. The van der Waals surface area contributed by atoms with E-state index in [0.717, 1.165) is 25.9 Å². The molecule has 3 aromatic rings. The van der Waals surface area contributed by atoms with Gasteiger partial charge in [0.15, 0.2) is 12.6 Å². The minimum Gasteiger partial charge on any atom is -0.457 e. The van der Waals surface area contributed by atoms with Gasteiger partial charge in [0.1, 0.15) is 30.7 Å². The van der Waals surface area contributed by atoms with Gasteiger partial charge < -0.3 is 19.1 Å². The van der Waals surface area contributed by atoms with E-state index in [0.29, 0.717) is 33.7 Å². The summed E-state index contributed by atoms with van der Waals surface area (Å²) in [5, 5.41) is 14.6. The summed E-state index contributed by atoms with van der Waals surface area (Å²) < 4.78 is 12.5. The Kier molecular flexibility index (Phi) is 5.42. The monoisotopic (exact) mass is 488 g/mol. The second-order valence-corrected chi connectivity index (χ2v) is 9.73. The van der Waals surface area contributed by atoms with E-state index in [2.05, 4.69) is 20.3 Å². The normalized spacial score (nSPS) is 25.1. The van der Waals surface area contributed by atoms with Crippen molar-refractivity contribution in [3.63, 3.8) is 0 Å². The lowest BCUT2D eigenvalue weighted by Gasteiger charge is -2.51. The van der Waals surface area contributed by atoms with Gasteiger partial charge in [-0.2, -0.15) is 0 Å². The first kappa shape index (κ1) is 22.6. The molecule has 1 unspecified atom stereocenters. The molecule has 3 saturated heterocycles. The number of aromatic nitrogens is 3. The molecule has 10 nitrogen and oxygen atoms in total. The molecular formula is C26H26N5O5+. The summed E-state index contributed by atoms with van der Waals surface area (Å²) in [5.41, 5.74) is -1.27. The number of ether oxygens (including phenoxy) is 2. The van der Waals surface area contributed by atoms with Crippen LogP contribution in [-0.2, 0) is 19.9 Å². The molecule has 1 aromatic heterocycles. The van der Waals surface area contributed by atoms with Gasteiger partial charge in [0.2, 0.25) is 11.5 Å². The predicted octanol–water partition coefficient (Wildman–Crippen LogP) is 2.00. The summed E-state index contributed by atoms with van der Waals surface area (Å²) in [6.07, 6.45) is 3.93. The van der Waals surface area contributed by atoms with E-state index in [4.69, 9.17) is 9.47 Å². The molecule has 0 radical (unpaired) electrons. The van der Waals surface area contributed by atoms with Crippen LogP contribution < -0.4 is 10.1 Å².